The molecule has 2 aliphatic rings. The van der Waals surface area contributed by atoms with Gasteiger partial charge in [0.1, 0.15) is 0 Å². The van der Waals surface area contributed by atoms with E-state index in [0.29, 0.717) is 0 Å². The van der Waals surface area contributed by atoms with Gasteiger partial charge in [-0.25, -0.2) is 0 Å². The molecule has 14 heavy (non-hydrogen) atoms. The van der Waals surface area contributed by atoms with Gasteiger partial charge in [0.15, 0.2) is 0 Å². The fraction of sp³-hybridized carbons (Fsp3) is 0.455. The third kappa shape index (κ3) is 1.89. The van der Waals surface area contributed by atoms with Gasteiger partial charge in [-0.05, 0) is 36.9 Å². The predicted octanol–water partition coefficient (Wildman–Crippen LogP) is 0.576. The van der Waals surface area contributed by atoms with Gasteiger partial charge in [-0.3, -0.25) is 4.90 Å². The van der Waals surface area contributed by atoms with E-state index in [1.165, 1.54) is 11.1 Å². The molecule has 0 saturated carbocycles. The summed E-state index contributed by atoms with van der Waals surface area (Å²) in [6.07, 6.45) is 9.59. The molecule has 0 fully saturated rings. The smallest absolute Gasteiger partial charge is 0.0767 e. The molecular formula is C11H17N3. The van der Waals surface area contributed by atoms with E-state index in [9.17, 15) is 0 Å². The quantitative estimate of drug-likeness (QED) is 0.588. The Hall–Kier alpha value is -1.06. The minimum absolute atomic E-state index is 0.0741. The molecule has 76 valence electrons. The lowest BCUT2D eigenvalue weighted by Crippen LogP contribution is -2.41. The molecule has 0 saturated heterocycles. The summed E-state index contributed by atoms with van der Waals surface area (Å²) in [5.41, 5.74) is 8.68. The zero-order valence-electron chi connectivity index (χ0n) is 8.53. The van der Waals surface area contributed by atoms with Crippen molar-refractivity contribution in [1.29, 1.82) is 0 Å². The van der Waals surface area contributed by atoms with Crippen LogP contribution in [0.3, 0.4) is 0 Å². The van der Waals surface area contributed by atoms with Crippen molar-refractivity contribution >= 4 is 0 Å². The molecule has 0 aromatic rings. The van der Waals surface area contributed by atoms with E-state index in [0.717, 1.165) is 19.5 Å². The highest BCUT2D eigenvalue weighted by atomic mass is 15.2. The van der Waals surface area contributed by atoms with Crippen molar-refractivity contribution in [3.63, 3.8) is 0 Å². The first-order valence-electron chi connectivity index (χ1n) is 5.03. The van der Waals surface area contributed by atoms with Crippen LogP contribution in [0.1, 0.15) is 6.42 Å². The van der Waals surface area contributed by atoms with Crippen LogP contribution in [0.25, 0.3) is 0 Å². The second-order valence-corrected chi connectivity index (χ2v) is 3.85. The number of rotatable bonds is 0. The Balaban J connectivity index is 2.22. The minimum atomic E-state index is 0.0741. The zero-order chi connectivity index (χ0) is 9.97. The fourth-order valence-electron chi connectivity index (χ4n) is 1.80. The average Bonchev–Trinajstić information content (AvgIpc) is 2.23. The Bertz CT molecular complexity index is 302. The molecule has 2 heterocycles. The normalized spacial score (nSPS) is 33.1. The topological polar surface area (TPSA) is 41.3 Å². The van der Waals surface area contributed by atoms with Gasteiger partial charge in [-0.2, -0.15) is 0 Å². The lowest BCUT2D eigenvalue weighted by atomic mass is 10.00. The molecule has 0 aliphatic carbocycles. The standard InChI is InChI=1S/C11H17N3/c1-14-8-10(2-3-11(14)12)9-4-6-13-7-5-9/h2-4,6,11,13H,5,7-8,12H2,1H3. The molecule has 3 heteroatoms. The predicted molar refractivity (Wildman–Crippen MR) is 58.5 cm³/mol. The van der Waals surface area contributed by atoms with E-state index in [1.807, 2.05) is 6.20 Å². The first-order chi connectivity index (χ1) is 6.77. The third-order valence-electron chi connectivity index (χ3n) is 2.78. The van der Waals surface area contributed by atoms with Crippen LogP contribution in [0.4, 0.5) is 0 Å². The van der Waals surface area contributed by atoms with Crippen molar-refractivity contribution < 1.29 is 0 Å². The highest BCUT2D eigenvalue weighted by Crippen LogP contribution is 2.18. The summed E-state index contributed by atoms with van der Waals surface area (Å²) in [6.45, 7) is 2.00. The largest absolute Gasteiger partial charge is 0.391 e. The van der Waals surface area contributed by atoms with Gasteiger partial charge in [-0.1, -0.05) is 12.2 Å². The Morgan fingerprint density at radius 1 is 1.43 bits per heavy atom. The van der Waals surface area contributed by atoms with Crippen LogP contribution in [0.15, 0.2) is 35.6 Å². The molecule has 2 aliphatic heterocycles. The molecule has 0 aromatic carbocycles. The van der Waals surface area contributed by atoms with E-state index in [-0.39, 0.29) is 6.17 Å². The maximum Gasteiger partial charge on any atom is 0.0767 e. The van der Waals surface area contributed by atoms with Crippen LogP contribution in [-0.2, 0) is 0 Å². The lowest BCUT2D eigenvalue weighted by molar-refractivity contribution is 0.304. The van der Waals surface area contributed by atoms with Gasteiger partial charge < -0.3 is 11.1 Å². The Kier molecular flexibility index (Phi) is 2.70. The van der Waals surface area contributed by atoms with E-state index in [4.69, 9.17) is 5.73 Å². The van der Waals surface area contributed by atoms with Crippen LogP contribution in [0.5, 0.6) is 0 Å². The van der Waals surface area contributed by atoms with Gasteiger partial charge in [0, 0.05) is 13.1 Å². The number of nitrogens with one attached hydrogen (secondary N) is 1. The van der Waals surface area contributed by atoms with Crippen LogP contribution >= 0.6 is 0 Å². The van der Waals surface area contributed by atoms with Crippen molar-refractivity contribution in [2.45, 2.75) is 12.6 Å². The first kappa shape index (κ1) is 9.49. The number of allylic oxidation sites excluding steroid dienone is 1. The molecule has 2 rings (SSSR count). The molecular weight excluding hydrogens is 174 g/mol. The molecule has 0 spiro atoms. The minimum Gasteiger partial charge on any atom is -0.391 e. The van der Waals surface area contributed by atoms with Crippen molar-refractivity contribution in [2.24, 2.45) is 5.73 Å². The van der Waals surface area contributed by atoms with Gasteiger partial charge in [-0.15, -0.1) is 0 Å². The summed E-state index contributed by atoms with van der Waals surface area (Å²) in [6, 6.07) is 0. The van der Waals surface area contributed by atoms with Crippen LogP contribution in [0.2, 0.25) is 0 Å². The van der Waals surface area contributed by atoms with Crippen LogP contribution in [-0.4, -0.2) is 31.2 Å². The van der Waals surface area contributed by atoms with E-state index in [2.05, 4.69) is 35.5 Å². The molecule has 0 aromatic heterocycles. The van der Waals surface area contributed by atoms with Gasteiger partial charge in [0.25, 0.3) is 0 Å². The molecule has 3 N–H and O–H groups in total. The van der Waals surface area contributed by atoms with Crippen molar-refractivity contribution in [2.75, 3.05) is 20.1 Å². The maximum absolute atomic E-state index is 5.86. The second kappa shape index (κ2) is 3.98. The van der Waals surface area contributed by atoms with E-state index >= 15 is 0 Å². The van der Waals surface area contributed by atoms with Crippen LogP contribution in [0, 0.1) is 0 Å². The molecule has 0 amide bonds. The molecule has 0 bridgehead atoms. The highest BCUT2D eigenvalue weighted by molar-refractivity contribution is 5.37. The van der Waals surface area contributed by atoms with Crippen molar-refractivity contribution in [3.05, 3.63) is 35.6 Å². The second-order valence-electron chi connectivity index (χ2n) is 3.85. The number of likely N-dealkylation sites (N-methyl/N-ethyl adjacent to an activating group) is 1. The van der Waals surface area contributed by atoms with E-state index in [1.54, 1.807) is 0 Å². The zero-order valence-corrected chi connectivity index (χ0v) is 8.53. The summed E-state index contributed by atoms with van der Waals surface area (Å²) >= 11 is 0. The first-order valence-corrected chi connectivity index (χ1v) is 5.03. The molecule has 0 radical (unpaired) electrons. The van der Waals surface area contributed by atoms with Crippen LogP contribution < -0.4 is 11.1 Å². The summed E-state index contributed by atoms with van der Waals surface area (Å²) in [7, 11) is 2.06. The summed E-state index contributed by atoms with van der Waals surface area (Å²) in [4.78, 5) is 2.15. The summed E-state index contributed by atoms with van der Waals surface area (Å²) < 4.78 is 0. The lowest BCUT2D eigenvalue weighted by Gasteiger charge is -2.28. The number of hydrogen-bond donors (Lipinski definition) is 2. The monoisotopic (exact) mass is 191 g/mol. The third-order valence-corrected chi connectivity index (χ3v) is 2.78. The molecule has 1 atom stereocenters. The SMILES string of the molecule is CN1CC(=C2C=CNCC2)C=CC1N. The number of nitrogens with zero attached hydrogens (tertiary/aromatic N) is 1. The summed E-state index contributed by atoms with van der Waals surface area (Å²) in [5.74, 6) is 0. The van der Waals surface area contributed by atoms with Crippen molar-refractivity contribution in [3.8, 4) is 0 Å². The van der Waals surface area contributed by atoms with Gasteiger partial charge in [0.05, 0.1) is 6.17 Å². The Morgan fingerprint density at radius 3 is 2.93 bits per heavy atom. The average molecular weight is 191 g/mol. The number of nitrogens with two attached hydrogens (primary N) is 1. The highest BCUT2D eigenvalue weighted by Gasteiger charge is 2.15. The fourth-order valence-corrected chi connectivity index (χ4v) is 1.80. The summed E-state index contributed by atoms with van der Waals surface area (Å²) in [5, 5.41) is 3.20. The Morgan fingerprint density at radius 2 is 2.29 bits per heavy atom. The van der Waals surface area contributed by atoms with Gasteiger partial charge >= 0.3 is 0 Å². The maximum atomic E-state index is 5.86. The number of hydrogen-bond acceptors (Lipinski definition) is 3. The Labute approximate surface area is 85.0 Å². The van der Waals surface area contributed by atoms with E-state index < -0.39 is 0 Å². The molecule has 1 unspecified atom stereocenters. The molecule has 3 nitrogen and oxygen atoms in total. The van der Waals surface area contributed by atoms with Gasteiger partial charge in [0.2, 0.25) is 0 Å². The van der Waals surface area contributed by atoms with Crippen molar-refractivity contribution in [1.82, 2.24) is 10.2 Å².